The number of ether oxygens (including phenoxy) is 1. The fourth-order valence-electron chi connectivity index (χ4n) is 6.53. The van der Waals surface area contributed by atoms with Gasteiger partial charge in [-0.3, -0.25) is 4.79 Å². The average molecular weight is 434 g/mol. The Labute approximate surface area is 193 Å². The van der Waals surface area contributed by atoms with E-state index in [-0.39, 0.29) is 18.0 Å². The maximum absolute atomic E-state index is 12.7. The minimum atomic E-state index is 0.123. The maximum Gasteiger partial charge on any atom is 0.309 e. The summed E-state index contributed by atoms with van der Waals surface area (Å²) >= 11 is 0. The summed E-state index contributed by atoms with van der Waals surface area (Å²) in [5, 5.41) is 0. The van der Waals surface area contributed by atoms with Gasteiger partial charge in [-0.1, -0.05) is 65.2 Å². The Hall–Kier alpha value is -0.570. The van der Waals surface area contributed by atoms with Crippen molar-refractivity contribution in [1.82, 2.24) is 4.90 Å². The lowest BCUT2D eigenvalue weighted by Gasteiger charge is -2.41. The second kappa shape index (κ2) is 13.9. The molecular formula is C28H51NO2. The van der Waals surface area contributed by atoms with Crippen LogP contribution < -0.4 is 0 Å². The number of carbonyl (C=O) groups is 1. The first kappa shape index (κ1) is 25.1. The Bertz CT molecular complexity index is 483. The lowest BCUT2D eigenvalue weighted by Crippen LogP contribution is -2.44. The van der Waals surface area contributed by atoms with Crippen LogP contribution in [0.4, 0.5) is 0 Å². The van der Waals surface area contributed by atoms with Gasteiger partial charge in [-0.15, -0.1) is 0 Å². The van der Waals surface area contributed by atoms with E-state index >= 15 is 0 Å². The quantitative estimate of drug-likeness (QED) is 0.249. The molecule has 0 unspecified atom stereocenters. The molecule has 180 valence electrons. The largest absolute Gasteiger partial charge is 0.462 e. The number of unbranched alkanes of at least 4 members (excludes halogenated alkanes) is 4. The predicted octanol–water partition coefficient (Wildman–Crippen LogP) is 7.52. The molecule has 0 aromatic heterocycles. The highest BCUT2D eigenvalue weighted by Gasteiger charge is 2.32. The Balaban J connectivity index is 1.27. The van der Waals surface area contributed by atoms with Gasteiger partial charge in [0.2, 0.25) is 0 Å². The van der Waals surface area contributed by atoms with Gasteiger partial charge in [0.25, 0.3) is 0 Å². The van der Waals surface area contributed by atoms with E-state index in [4.69, 9.17) is 4.74 Å². The molecule has 2 saturated carbocycles. The second-order valence-electron chi connectivity index (χ2n) is 11.1. The molecule has 0 atom stereocenters. The number of carbonyl (C=O) groups excluding carboxylic acids is 1. The molecule has 3 heteroatoms. The zero-order valence-corrected chi connectivity index (χ0v) is 20.8. The third-order valence-electron chi connectivity index (χ3n) is 8.69. The number of nitrogens with zero attached hydrogens (tertiary/aromatic N) is 1. The highest BCUT2D eigenvalue weighted by Crippen LogP contribution is 2.34. The van der Waals surface area contributed by atoms with Gasteiger partial charge in [0.05, 0.1) is 5.92 Å². The molecule has 0 aromatic carbocycles. The topological polar surface area (TPSA) is 29.5 Å². The van der Waals surface area contributed by atoms with Crippen molar-refractivity contribution >= 4 is 5.97 Å². The van der Waals surface area contributed by atoms with Gasteiger partial charge < -0.3 is 9.64 Å². The lowest BCUT2D eigenvalue weighted by atomic mass is 9.80. The third kappa shape index (κ3) is 8.37. The van der Waals surface area contributed by atoms with Crippen molar-refractivity contribution in [2.75, 3.05) is 13.1 Å². The SMILES string of the molecule is CCCCCCCC1CCN([C@H]2CC[C@H](OC(=O)[C@H]3CC[C@H](CCC)CC3)CC2)CC1. The van der Waals surface area contributed by atoms with Crippen molar-refractivity contribution in [2.24, 2.45) is 17.8 Å². The van der Waals surface area contributed by atoms with Crippen molar-refractivity contribution in [3.8, 4) is 0 Å². The van der Waals surface area contributed by atoms with E-state index in [1.165, 1.54) is 103 Å². The van der Waals surface area contributed by atoms with Crippen molar-refractivity contribution < 1.29 is 9.53 Å². The molecule has 31 heavy (non-hydrogen) atoms. The molecule has 0 aromatic rings. The first-order valence-electron chi connectivity index (χ1n) is 14.1. The van der Waals surface area contributed by atoms with Crippen molar-refractivity contribution in [3.63, 3.8) is 0 Å². The van der Waals surface area contributed by atoms with Gasteiger partial charge in [-0.25, -0.2) is 0 Å². The Morgan fingerprint density at radius 2 is 1.35 bits per heavy atom. The monoisotopic (exact) mass is 433 g/mol. The van der Waals surface area contributed by atoms with Crippen LogP contribution in [-0.4, -0.2) is 36.1 Å². The molecule has 2 aliphatic carbocycles. The summed E-state index contributed by atoms with van der Waals surface area (Å²) in [4.78, 5) is 15.4. The van der Waals surface area contributed by atoms with Crippen LogP contribution in [0, 0.1) is 17.8 Å². The van der Waals surface area contributed by atoms with Crippen LogP contribution in [-0.2, 0) is 9.53 Å². The highest BCUT2D eigenvalue weighted by atomic mass is 16.5. The zero-order chi connectivity index (χ0) is 21.9. The summed E-state index contributed by atoms with van der Waals surface area (Å²) in [5.41, 5.74) is 0. The van der Waals surface area contributed by atoms with Crippen LogP contribution in [0.2, 0.25) is 0 Å². The van der Waals surface area contributed by atoms with Crippen LogP contribution in [0.15, 0.2) is 0 Å². The first-order chi connectivity index (χ1) is 15.2. The van der Waals surface area contributed by atoms with Crippen LogP contribution in [0.3, 0.4) is 0 Å². The molecular weight excluding hydrogens is 382 g/mol. The molecule has 0 amide bonds. The average Bonchev–Trinajstić information content (AvgIpc) is 2.81. The van der Waals surface area contributed by atoms with Crippen molar-refractivity contribution in [1.29, 1.82) is 0 Å². The first-order valence-corrected chi connectivity index (χ1v) is 14.1. The number of rotatable bonds is 11. The third-order valence-corrected chi connectivity index (χ3v) is 8.69. The van der Waals surface area contributed by atoms with Gasteiger partial charge in [-0.05, 0) is 89.1 Å². The molecule has 3 fully saturated rings. The number of piperidine rings is 1. The van der Waals surface area contributed by atoms with E-state index < -0.39 is 0 Å². The summed E-state index contributed by atoms with van der Waals surface area (Å²) in [6.45, 7) is 7.17. The van der Waals surface area contributed by atoms with E-state index in [1.807, 2.05) is 0 Å². The highest BCUT2D eigenvalue weighted by molar-refractivity contribution is 5.72. The fraction of sp³-hybridized carbons (Fsp3) is 0.964. The minimum absolute atomic E-state index is 0.123. The van der Waals surface area contributed by atoms with Crippen LogP contribution in [0.25, 0.3) is 0 Å². The molecule has 0 spiro atoms. The van der Waals surface area contributed by atoms with Gasteiger partial charge in [0.15, 0.2) is 0 Å². The minimum Gasteiger partial charge on any atom is -0.462 e. The van der Waals surface area contributed by atoms with E-state index in [2.05, 4.69) is 18.7 Å². The zero-order valence-electron chi connectivity index (χ0n) is 20.8. The van der Waals surface area contributed by atoms with Gasteiger partial charge in [0, 0.05) is 6.04 Å². The molecule has 0 bridgehead atoms. The van der Waals surface area contributed by atoms with Crippen molar-refractivity contribution in [3.05, 3.63) is 0 Å². The number of hydrogen-bond acceptors (Lipinski definition) is 3. The second-order valence-corrected chi connectivity index (χ2v) is 11.1. The summed E-state index contributed by atoms with van der Waals surface area (Å²) in [6.07, 6.45) is 23.4. The predicted molar refractivity (Wildman–Crippen MR) is 130 cm³/mol. The summed E-state index contributed by atoms with van der Waals surface area (Å²) in [6, 6.07) is 0.741. The molecule has 0 N–H and O–H groups in total. The molecule has 0 radical (unpaired) electrons. The van der Waals surface area contributed by atoms with Crippen LogP contribution in [0.1, 0.15) is 129 Å². The van der Waals surface area contributed by atoms with Crippen molar-refractivity contribution in [2.45, 2.75) is 142 Å². The fourth-order valence-corrected chi connectivity index (χ4v) is 6.53. The van der Waals surface area contributed by atoms with E-state index in [0.29, 0.717) is 0 Å². The number of likely N-dealkylation sites (tertiary alicyclic amines) is 1. The molecule has 1 saturated heterocycles. The Morgan fingerprint density at radius 3 is 2.00 bits per heavy atom. The van der Waals surface area contributed by atoms with Gasteiger partial charge in [-0.2, -0.15) is 0 Å². The number of esters is 1. The van der Waals surface area contributed by atoms with Gasteiger partial charge in [0.1, 0.15) is 6.10 Å². The van der Waals surface area contributed by atoms with Crippen LogP contribution >= 0.6 is 0 Å². The smallest absolute Gasteiger partial charge is 0.309 e. The van der Waals surface area contributed by atoms with E-state index in [0.717, 1.165) is 43.6 Å². The molecule has 1 aliphatic heterocycles. The lowest BCUT2D eigenvalue weighted by molar-refractivity contribution is -0.157. The van der Waals surface area contributed by atoms with E-state index in [1.54, 1.807) is 0 Å². The number of hydrogen-bond donors (Lipinski definition) is 0. The standard InChI is InChI=1S/C28H51NO2/c1-3-5-6-7-8-10-24-19-21-29(22-20-24)26-15-17-27(18-16-26)31-28(30)25-13-11-23(9-4-2)12-14-25/h23-27H,3-22H2,1-2H3/t23-,25-,26-,27-. The summed E-state index contributed by atoms with van der Waals surface area (Å²) < 4.78 is 5.99. The molecule has 3 rings (SSSR count). The molecule has 3 nitrogen and oxygen atoms in total. The van der Waals surface area contributed by atoms with Gasteiger partial charge >= 0.3 is 5.97 Å². The Kier molecular flexibility index (Phi) is 11.2. The summed E-state index contributed by atoms with van der Waals surface area (Å²) in [7, 11) is 0. The molecule has 1 heterocycles. The normalized spacial score (nSPS) is 30.9. The summed E-state index contributed by atoms with van der Waals surface area (Å²) in [5.74, 6) is 2.14. The Morgan fingerprint density at radius 1 is 0.710 bits per heavy atom. The maximum atomic E-state index is 12.7. The molecule has 3 aliphatic rings. The van der Waals surface area contributed by atoms with E-state index in [9.17, 15) is 4.79 Å². The van der Waals surface area contributed by atoms with Crippen LogP contribution in [0.5, 0.6) is 0 Å².